The first-order valence-electron chi connectivity index (χ1n) is 3.85. The Bertz CT molecular complexity index is 221. The Kier molecular flexibility index (Phi) is 1.71. The molecule has 0 aliphatic heterocycles. The lowest BCUT2D eigenvalue weighted by atomic mass is 10.5. The lowest BCUT2D eigenvalue weighted by Gasteiger charge is -2.00. The lowest BCUT2D eigenvalue weighted by molar-refractivity contribution is 0.285. The third kappa shape index (κ3) is 1.90. The van der Waals surface area contributed by atoms with Crippen LogP contribution in [0.3, 0.4) is 0 Å². The second kappa shape index (κ2) is 2.86. The summed E-state index contributed by atoms with van der Waals surface area (Å²) in [4.78, 5) is 0. The van der Waals surface area contributed by atoms with E-state index in [1.165, 1.54) is 12.8 Å². The molecule has 3 nitrogen and oxygen atoms in total. The number of aromatic nitrogens is 2. The van der Waals surface area contributed by atoms with Crippen molar-refractivity contribution in [2.75, 3.05) is 6.61 Å². The molecule has 3 heteroatoms. The first-order chi connectivity index (χ1) is 5.45. The van der Waals surface area contributed by atoms with Crippen LogP contribution in [0.2, 0.25) is 0 Å². The van der Waals surface area contributed by atoms with Crippen molar-refractivity contribution in [3.05, 3.63) is 18.3 Å². The van der Waals surface area contributed by atoms with Gasteiger partial charge in [-0.1, -0.05) is 0 Å². The molecule has 1 aliphatic carbocycles. The molecule has 1 saturated carbocycles. The van der Waals surface area contributed by atoms with Crippen LogP contribution in [0.15, 0.2) is 18.3 Å². The molecule has 1 aliphatic rings. The summed E-state index contributed by atoms with van der Waals surface area (Å²) in [5, 5.41) is 7.51. The first-order valence-corrected chi connectivity index (χ1v) is 3.85. The van der Waals surface area contributed by atoms with Crippen LogP contribution in [-0.4, -0.2) is 16.8 Å². The van der Waals surface area contributed by atoms with Gasteiger partial charge in [-0.2, -0.15) is 5.10 Å². The van der Waals surface area contributed by atoms with Gasteiger partial charge in [-0.3, -0.25) is 0 Å². The monoisotopic (exact) mass is 150 g/mol. The SMILES string of the molecule is c1cnnc(OCC2CC2)c1. The van der Waals surface area contributed by atoms with E-state index >= 15 is 0 Å². The molecule has 0 saturated heterocycles. The molecule has 0 bridgehead atoms. The predicted octanol–water partition coefficient (Wildman–Crippen LogP) is 1.27. The minimum Gasteiger partial charge on any atom is -0.476 e. The molecular weight excluding hydrogens is 140 g/mol. The van der Waals surface area contributed by atoms with Crippen LogP contribution in [0.5, 0.6) is 5.88 Å². The average molecular weight is 150 g/mol. The van der Waals surface area contributed by atoms with E-state index < -0.39 is 0 Å². The van der Waals surface area contributed by atoms with Gasteiger partial charge in [0.1, 0.15) is 0 Å². The van der Waals surface area contributed by atoms with Crippen LogP contribution in [0.1, 0.15) is 12.8 Å². The third-order valence-corrected chi connectivity index (χ3v) is 1.71. The molecule has 0 unspecified atom stereocenters. The number of nitrogens with zero attached hydrogens (tertiary/aromatic N) is 2. The maximum atomic E-state index is 5.36. The molecule has 2 rings (SSSR count). The largest absolute Gasteiger partial charge is 0.476 e. The molecule has 0 spiro atoms. The van der Waals surface area contributed by atoms with Crippen molar-refractivity contribution in [2.24, 2.45) is 5.92 Å². The molecule has 1 heterocycles. The highest BCUT2D eigenvalue weighted by atomic mass is 16.5. The summed E-state index contributed by atoms with van der Waals surface area (Å²) in [6.45, 7) is 0.804. The van der Waals surface area contributed by atoms with Gasteiger partial charge in [-0.05, 0) is 24.8 Å². The molecule has 0 aromatic carbocycles. The van der Waals surface area contributed by atoms with E-state index in [0.29, 0.717) is 5.88 Å². The van der Waals surface area contributed by atoms with E-state index in [0.717, 1.165) is 12.5 Å². The number of ether oxygens (including phenoxy) is 1. The first kappa shape index (κ1) is 6.58. The smallest absolute Gasteiger partial charge is 0.233 e. The molecule has 1 fully saturated rings. The van der Waals surface area contributed by atoms with Crippen molar-refractivity contribution < 1.29 is 4.74 Å². The molecule has 58 valence electrons. The molecule has 0 amide bonds. The van der Waals surface area contributed by atoms with Crippen LogP contribution in [-0.2, 0) is 0 Å². The highest BCUT2D eigenvalue weighted by Gasteiger charge is 2.21. The van der Waals surface area contributed by atoms with Gasteiger partial charge in [0, 0.05) is 12.3 Å². The van der Waals surface area contributed by atoms with Gasteiger partial charge >= 0.3 is 0 Å². The summed E-state index contributed by atoms with van der Waals surface area (Å²) < 4.78 is 5.36. The molecule has 1 aromatic rings. The van der Waals surface area contributed by atoms with E-state index in [1.807, 2.05) is 12.1 Å². The topological polar surface area (TPSA) is 35.0 Å². The minimum atomic E-state index is 0.638. The molecule has 11 heavy (non-hydrogen) atoms. The summed E-state index contributed by atoms with van der Waals surface area (Å²) in [6.07, 6.45) is 4.25. The fourth-order valence-electron chi connectivity index (χ4n) is 0.852. The molecular formula is C8H10N2O. The van der Waals surface area contributed by atoms with Gasteiger partial charge in [-0.15, -0.1) is 5.10 Å². The summed E-state index contributed by atoms with van der Waals surface area (Å²) >= 11 is 0. The fraction of sp³-hybridized carbons (Fsp3) is 0.500. The normalized spacial score (nSPS) is 16.4. The van der Waals surface area contributed by atoms with Crippen LogP contribution in [0.25, 0.3) is 0 Å². The molecule has 0 radical (unpaired) electrons. The van der Waals surface area contributed by atoms with Crippen molar-refractivity contribution in [3.63, 3.8) is 0 Å². The number of hydrogen-bond acceptors (Lipinski definition) is 3. The standard InChI is InChI=1S/C8H10N2O/c1-2-8(10-9-5-1)11-6-7-3-4-7/h1-2,5,7H,3-4,6H2. The molecule has 1 aromatic heterocycles. The van der Waals surface area contributed by atoms with Crippen molar-refractivity contribution in [2.45, 2.75) is 12.8 Å². The van der Waals surface area contributed by atoms with Crippen LogP contribution < -0.4 is 4.74 Å². The van der Waals surface area contributed by atoms with E-state index in [4.69, 9.17) is 4.74 Å². The zero-order chi connectivity index (χ0) is 7.52. The van der Waals surface area contributed by atoms with Gasteiger partial charge < -0.3 is 4.74 Å². The van der Waals surface area contributed by atoms with Crippen LogP contribution in [0, 0.1) is 5.92 Å². The second-order valence-electron chi connectivity index (χ2n) is 2.82. The zero-order valence-electron chi connectivity index (χ0n) is 6.23. The Morgan fingerprint density at radius 3 is 3.09 bits per heavy atom. The lowest BCUT2D eigenvalue weighted by Crippen LogP contribution is -2.00. The Hall–Kier alpha value is -1.12. The average Bonchev–Trinajstić information content (AvgIpc) is 2.86. The zero-order valence-corrected chi connectivity index (χ0v) is 6.23. The minimum absolute atomic E-state index is 0.638. The highest BCUT2D eigenvalue weighted by Crippen LogP contribution is 2.28. The van der Waals surface area contributed by atoms with E-state index in [1.54, 1.807) is 6.20 Å². The van der Waals surface area contributed by atoms with Crippen molar-refractivity contribution in [1.82, 2.24) is 10.2 Å². The summed E-state index contributed by atoms with van der Waals surface area (Å²) in [7, 11) is 0. The van der Waals surface area contributed by atoms with E-state index in [2.05, 4.69) is 10.2 Å². The third-order valence-electron chi connectivity index (χ3n) is 1.71. The Balaban J connectivity index is 1.85. The van der Waals surface area contributed by atoms with E-state index in [-0.39, 0.29) is 0 Å². The Labute approximate surface area is 65.4 Å². The van der Waals surface area contributed by atoms with Gasteiger partial charge in [0.2, 0.25) is 5.88 Å². The van der Waals surface area contributed by atoms with Crippen molar-refractivity contribution >= 4 is 0 Å². The van der Waals surface area contributed by atoms with Crippen LogP contribution in [0.4, 0.5) is 0 Å². The Morgan fingerprint density at radius 2 is 2.45 bits per heavy atom. The van der Waals surface area contributed by atoms with Gasteiger partial charge in [0.05, 0.1) is 6.61 Å². The van der Waals surface area contributed by atoms with E-state index in [9.17, 15) is 0 Å². The molecule has 0 atom stereocenters. The second-order valence-corrected chi connectivity index (χ2v) is 2.82. The predicted molar refractivity (Wildman–Crippen MR) is 40.3 cm³/mol. The fourth-order valence-corrected chi connectivity index (χ4v) is 0.852. The summed E-state index contributed by atoms with van der Waals surface area (Å²) in [5.74, 6) is 1.41. The maximum absolute atomic E-state index is 5.36. The highest BCUT2D eigenvalue weighted by molar-refractivity contribution is 5.05. The summed E-state index contributed by atoms with van der Waals surface area (Å²) in [6, 6.07) is 3.66. The van der Waals surface area contributed by atoms with Crippen molar-refractivity contribution in [3.8, 4) is 5.88 Å². The van der Waals surface area contributed by atoms with Crippen molar-refractivity contribution in [1.29, 1.82) is 0 Å². The van der Waals surface area contributed by atoms with Gasteiger partial charge in [0.25, 0.3) is 0 Å². The van der Waals surface area contributed by atoms with Gasteiger partial charge in [0.15, 0.2) is 0 Å². The van der Waals surface area contributed by atoms with Crippen LogP contribution >= 0.6 is 0 Å². The Morgan fingerprint density at radius 1 is 1.55 bits per heavy atom. The maximum Gasteiger partial charge on any atom is 0.233 e. The molecule has 0 N–H and O–H groups in total. The van der Waals surface area contributed by atoms with Gasteiger partial charge in [-0.25, -0.2) is 0 Å². The number of rotatable bonds is 3. The number of hydrogen-bond donors (Lipinski definition) is 0. The quantitative estimate of drug-likeness (QED) is 0.650. The summed E-state index contributed by atoms with van der Waals surface area (Å²) in [5.41, 5.74) is 0.